The standard InChI is InChI=1S/C17H24N2O/c1-13-5-7-14(8-6-13)12-19(15-9-10-15)17(20)16-4-2-3-11-18-16/h5-8,15-16,18H,2-4,9-12H2,1H3/t16-/m1/s1. The van der Waals surface area contributed by atoms with Gasteiger partial charge in [-0.25, -0.2) is 0 Å². The summed E-state index contributed by atoms with van der Waals surface area (Å²) in [5.74, 6) is 0.313. The Morgan fingerprint density at radius 1 is 1.20 bits per heavy atom. The molecule has 1 atom stereocenters. The lowest BCUT2D eigenvalue weighted by Gasteiger charge is -2.30. The van der Waals surface area contributed by atoms with Gasteiger partial charge in [0.2, 0.25) is 5.91 Å². The van der Waals surface area contributed by atoms with Crippen LogP contribution in [0, 0.1) is 6.92 Å². The van der Waals surface area contributed by atoms with E-state index >= 15 is 0 Å². The zero-order chi connectivity index (χ0) is 13.9. The molecule has 3 heteroatoms. The van der Waals surface area contributed by atoms with Crippen LogP contribution >= 0.6 is 0 Å². The van der Waals surface area contributed by atoms with Gasteiger partial charge in [0.15, 0.2) is 0 Å². The molecular formula is C17H24N2O. The van der Waals surface area contributed by atoms with E-state index in [2.05, 4.69) is 41.4 Å². The Morgan fingerprint density at radius 2 is 1.95 bits per heavy atom. The molecule has 1 saturated carbocycles. The molecule has 1 aromatic carbocycles. The Morgan fingerprint density at radius 3 is 2.55 bits per heavy atom. The van der Waals surface area contributed by atoms with Gasteiger partial charge >= 0.3 is 0 Å². The van der Waals surface area contributed by atoms with E-state index in [0.717, 1.165) is 19.5 Å². The molecule has 3 rings (SSSR count). The van der Waals surface area contributed by atoms with Crippen LogP contribution in [0.4, 0.5) is 0 Å². The van der Waals surface area contributed by atoms with Crippen LogP contribution in [-0.2, 0) is 11.3 Å². The van der Waals surface area contributed by atoms with Crippen molar-refractivity contribution in [1.82, 2.24) is 10.2 Å². The fourth-order valence-electron chi connectivity index (χ4n) is 2.93. The molecular weight excluding hydrogens is 248 g/mol. The first-order valence-electron chi connectivity index (χ1n) is 7.83. The van der Waals surface area contributed by atoms with Crippen LogP contribution in [0.5, 0.6) is 0 Å². The summed E-state index contributed by atoms with van der Waals surface area (Å²) in [5, 5.41) is 3.39. The minimum atomic E-state index is 0.0507. The number of piperidine rings is 1. The highest BCUT2D eigenvalue weighted by atomic mass is 16.2. The maximum absolute atomic E-state index is 12.7. The number of rotatable bonds is 4. The molecule has 0 unspecified atom stereocenters. The van der Waals surface area contributed by atoms with E-state index in [1.807, 2.05) is 0 Å². The van der Waals surface area contributed by atoms with Gasteiger partial charge in [-0.15, -0.1) is 0 Å². The molecule has 2 fully saturated rings. The number of nitrogens with zero attached hydrogens (tertiary/aromatic N) is 1. The van der Waals surface area contributed by atoms with Crippen molar-refractivity contribution in [3.8, 4) is 0 Å². The number of carbonyl (C=O) groups is 1. The number of benzene rings is 1. The molecule has 1 heterocycles. The van der Waals surface area contributed by atoms with Crippen molar-refractivity contribution in [3.63, 3.8) is 0 Å². The first kappa shape index (κ1) is 13.6. The fraction of sp³-hybridized carbons (Fsp3) is 0.588. The summed E-state index contributed by atoms with van der Waals surface area (Å²) in [4.78, 5) is 14.8. The maximum Gasteiger partial charge on any atom is 0.240 e. The zero-order valence-corrected chi connectivity index (χ0v) is 12.3. The lowest BCUT2D eigenvalue weighted by atomic mass is 10.0. The van der Waals surface area contributed by atoms with Gasteiger partial charge in [-0.05, 0) is 44.7 Å². The molecule has 0 aromatic heterocycles. The second kappa shape index (κ2) is 5.96. The second-order valence-corrected chi connectivity index (χ2v) is 6.19. The molecule has 1 aliphatic carbocycles. The van der Waals surface area contributed by atoms with E-state index in [4.69, 9.17) is 0 Å². The van der Waals surface area contributed by atoms with Crippen molar-refractivity contribution in [2.75, 3.05) is 6.54 Å². The highest BCUT2D eigenvalue weighted by molar-refractivity contribution is 5.82. The molecule has 1 aliphatic heterocycles. The van der Waals surface area contributed by atoms with Crippen molar-refractivity contribution in [3.05, 3.63) is 35.4 Å². The summed E-state index contributed by atoms with van der Waals surface area (Å²) in [6.07, 6.45) is 5.71. The minimum Gasteiger partial charge on any atom is -0.334 e. The largest absolute Gasteiger partial charge is 0.334 e. The molecule has 3 nitrogen and oxygen atoms in total. The van der Waals surface area contributed by atoms with Crippen LogP contribution in [0.25, 0.3) is 0 Å². The summed E-state index contributed by atoms with van der Waals surface area (Å²) >= 11 is 0. The van der Waals surface area contributed by atoms with E-state index in [1.54, 1.807) is 0 Å². The highest BCUT2D eigenvalue weighted by Gasteiger charge is 2.36. The molecule has 1 N–H and O–H groups in total. The molecule has 20 heavy (non-hydrogen) atoms. The summed E-state index contributed by atoms with van der Waals surface area (Å²) in [5.41, 5.74) is 2.51. The average Bonchev–Trinajstić information content (AvgIpc) is 3.31. The number of nitrogens with one attached hydrogen (secondary N) is 1. The maximum atomic E-state index is 12.7. The van der Waals surface area contributed by atoms with Gasteiger partial charge < -0.3 is 10.2 Å². The second-order valence-electron chi connectivity index (χ2n) is 6.19. The van der Waals surface area contributed by atoms with E-state index < -0.39 is 0 Å². The van der Waals surface area contributed by atoms with E-state index in [0.29, 0.717) is 11.9 Å². The Bertz CT molecular complexity index is 458. The zero-order valence-electron chi connectivity index (χ0n) is 12.3. The van der Waals surface area contributed by atoms with Crippen molar-refractivity contribution in [1.29, 1.82) is 0 Å². The minimum absolute atomic E-state index is 0.0507. The molecule has 1 amide bonds. The predicted octanol–water partition coefficient (Wildman–Crippen LogP) is 2.63. The average molecular weight is 272 g/mol. The van der Waals surface area contributed by atoms with Crippen LogP contribution in [0.2, 0.25) is 0 Å². The lowest BCUT2D eigenvalue weighted by molar-refractivity contribution is -0.135. The summed E-state index contributed by atoms with van der Waals surface area (Å²) in [6.45, 7) is 3.85. The third kappa shape index (κ3) is 3.21. The Kier molecular flexibility index (Phi) is 4.06. The van der Waals surface area contributed by atoms with Crippen molar-refractivity contribution >= 4 is 5.91 Å². The van der Waals surface area contributed by atoms with Crippen LogP contribution in [0.15, 0.2) is 24.3 Å². The topological polar surface area (TPSA) is 32.3 Å². The smallest absolute Gasteiger partial charge is 0.240 e. The summed E-state index contributed by atoms with van der Waals surface area (Å²) in [6, 6.07) is 9.08. The van der Waals surface area contributed by atoms with Gasteiger partial charge in [-0.3, -0.25) is 4.79 Å². The SMILES string of the molecule is Cc1ccc(CN(C(=O)[C@H]2CCCCN2)C2CC2)cc1. The summed E-state index contributed by atoms with van der Waals surface area (Å²) < 4.78 is 0. The van der Waals surface area contributed by atoms with Crippen molar-refractivity contribution in [2.45, 2.75) is 57.7 Å². The third-order valence-corrected chi connectivity index (χ3v) is 4.35. The number of aryl methyl sites for hydroxylation is 1. The van der Waals surface area contributed by atoms with Gasteiger partial charge in [0, 0.05) is 12.6 Å². The molecule has 2 aliphatic rings. The van der Waals surface area contributed by atoms with E-state index in [-0.39, 0.29) is 6.04 Å². The van der Waals surface area contributed by atoms with Gasteiger partial charge in [-0.1, -0.05) is 36.2 Å². The molecule has 108 valence electrons. The first-order chi connectivity index (χ1) is 9.74. The Balaban J connectivity index is 1.68. The van der Waals surface area contributed by atoms with Crippen LogP contribution in [0.1, 0.15) is 43.2 Å². The fourth-order valence-corrected chi connectivity index (χ4v) is 2.93. The lowest BCUT2D eigenvalue weighted by Crippen LogP contribution is -2.49. The van der Waals surface area contributed by atoms with E-state index in [9.17, 15) is 4.79 Å². The van der Waals surface area contributed by atoms with Gasteiger partial charge in [0.25, 0.3) is 0 Å². The Labute approximate surface area is 121 Å². The summed E-state index contributed by atoms with van der Waals surface area (Å²) in [7, 11) is 0. The quantitative estimate of drug-likeness (QED) is 0.914. The van der Waals surface area contributed by atoms with Gasteiger partial charge in [0.1, 0.15) is 0 Å². The highest BCUT2D eigenvalue weighted by Crippen LogP contribution is 2.29. The predicted molar refractivity (Wildman–Crippen MR) is 80.4 cm³/mol. The number of amides is 1. The van der Waals surface area contributed by atoms with Crippen LogP contribution < -0.4 is 5.32 Å². The van der Waals surface area contributed by atoms with Crippen molar-refractivity contribution < 1.29 is 4.79 Å². The normalized spacial score (nSPS) is 22.6. The van der Waals surface area contributed by atoms with Gasteiger partial charge in [0.05, 0.1) is 6.04 Å². The molecule has 0 bridgehead atoms. The third-order valence-electron chi connectivity index (χ3n) is 4.35. The monoisotopic (exact) mass is 272 g/mol. The van der Waals surface area contributed by atoms with Crippen molar-refractivity contribution in [2.24, 2.45) is 0 Å². The van der Waals surface area contributed by atoms with E-state index in [1.165, 1.54) is 36.8 Å². The van der Waals surface area contributed by atoms with Gasteiger partial charge in [-0.2, -0.15) is 0 Å². The Hall–Kier alpha value is -1.35. The molecule has 1 aromatic rings. The number of hydrogen-bond acceptors (Lipinski definition) is 2. The number of carbonyl (C=O) groups excluding carboxylic acids is 1. The van der Waals surface area contributed by atoms with Crippen LogP contribution in [0.3, 0.4) is 0 Å². The number of hydrogen-bond donors (Lipinski definition) is 1. The molecule has 1 saturated heterocycles. The first-order valence-corrected chi connectivity index (χ1v) is 7.83. The molecule has 0 radical (unpaired) electrons. The van der Waals surface area contributed by atoms with Crippen LogP contribution in [-0.4, -0.2) is 29.4 Å². The molecule has 0 spiro atoms.